The standard InChI is InChI=1S/C11H20N2O/c1-2-9(12)11(14)13-10-7-5-3-4-6-8(7)10/h7-10H,2-6,12H2,1H3,(H,13,14). The van der Waals surface area contributed by atoms with Crippen LogP contribution in [0.5, 0.6) is 0 Å². The number of fused-ring (bicyclic) bond motifs is 1. The zero-order valence-electron chi connectivity index (χ0n) is 8.83. The quantitative estimate of drug-likeness (QED) is 0.708. The first-order chi connectivity index (χ1) is 6.74. The van der Waals surface area contributed by atoms with Crippen molar-refractivity contribution >= 4 is 5.91 Å². The number of nitrogens with two attached hydrogens (primary N) is 1. The highest BCUT2D eigenvalue weighted by Crippen LogP contribution is 2.49. The molecule has 14 heavy (non-hydrogen) atoms. The average Bonchev–Trinajstić information content (AvgIpc) is 2.91. The molecule has 3 N–H and O–H groups in total. The van der Waals surface area contributed by atoms with Gasteiger partial charge in [-0.25, -0.2) is 0 Å². The first-order valence-corrected chi connectivity index (χ1v) is 5.80. The third-order valence-electron chi connectivity index (χ3n) is 3.74. The van der Waals surface area contributed by atoms with Gasteiger partial charge >= 0.3 is 0 Å². The first kappa shape index (κ1) is 9.97. The zero-order chi connectivity index (χ0) is 10.1. The minimum Gasteiger partial charge on any atom is -0.351 e. The zero-order valence-corrected chi connectivity index (χ0v) is 8.83. The Morgan fingerprint density at radius 2 is 2.00 bits per heavy atom. The maximum Gasteiger partial charge on any atom is 0.237 e. The molecule has 0 spiro atoms. The second-order valence-electron chi connectivity index (χ2n) is 4.66. The minimum absolute atomic E-state index is 0.0481. The minimum atomic E-state index is -0.308. The van der Waals surface area contributed by atoms with E-state index < -0.39 is 0 Å². The van der Waals surface area contributed by atoms with E-state index in [0.717, 1.165) is 18.3 Å². The Kier molecular flexibility index (Phi) is 2.77. The predicted molar refractivity (Wildman–Crippen MR) is 55.6 cm³/mol. The van der Waals surface area contributed by atoms with Gasteiger partial charge < -0.3 is 11.1 Å². The molecule has 2 rings (SSSR count). The molecule has 0 aromatic carbocycles. The van der Waals surface area contributed by atoms with Crippen LogP contribution in [0.2, 0.25) is 0 Å². The summed E-state index contributed by atoms with van der Waals surface area (Å²) in [5.41, 5.74) is 5.67. The van der Waals surface area contributed by atoms with E-state index in [1.807, 2.05) is 6.92 Å². The van der Waals surface area contributed by atoms with Crippen molar-refractivity contribution in [1.29, 1.82) is 0 Å². The predicted octanol–water partition coefficient (Wildman–Crippen LogP) is 1.03. The van der Waals surface area contributed by atoms with Crippen molar-refractivity contribution in [3.8, 4) is 0 Å². The van der Waals surface area contributed by atoms with Crippen molar-refractivity contribution in [3.05, 3.63) is 0 Å². The largest absolute Gasteiger partial charge is 0.351 e. The van der Waals surface area contributed by atoms with Crippen molar-refractivity contribution < 1.29 is 4.79 Å². The van der Waals surface area contributed by atoms with E-state index >= 15 is 0 Å². The molecule has 3 nitrogen and oxygen atoms in total. The summed E-state index contributed by atoms with van der Waals surface area (Å²) in [6.45, 7) is 1.95. The lowest BCUT2D eigenvalue weighted by Gasteiger charge is -2.09. The fraction of sp³-hybridized carbons (Fsp3) is 0.909. The van der Waals surface area contributed by atoms with Gasteiger partial charge in [-0.2, -0.15) is 0 Å². The Morgan fingerprint density at radius 1 is 1.43 bits per heavy atom. The molecule has 3 unspecified atom stereocenters. The van der Waals surface area contributed by atoms with Gasteiger partial charge in [0.1, 0.15) is 0 Å². The number of hydrogen-bond acceptors (Lipinski definition) is 2. The summed E-state index contributed by atoms with van der Waals surface area (Å²) in [7, 11) is 0. The van der Waals surface area contributed by atoms with Crippen LogP contribution < -0.4 is 11.1 Å². The van der Waals surface area contributed by atoms with Crippen LogP contribution in [0.3, 0.4) is 0 Å². The molecule has 2 aliphatic rings. The second kappa shape index (κ2) is 3.89. The fourth-order valence-corrected chi connectivity index (χ4v) is 2.66. The van der Waals surface area contributed by atoms with E-state index in [9.17, 15) is 4.79 Å². The first-order valence-electron chi connectivity index (χ1n) is 5.80. The molecule has 0 aromatic rings. The van der Waals surface area contributed by atoms with Gasteiger partial charge in [0, 0.05) is 6.04 Å². The number of hydrogen-bond donors (Lipinski definition) is 2. The third kappa shape index (κ3) is 1.78. The molecular formula is C11H20N2O. The Hall–Kier alpha value is -0.570. The summed E-state index contributed by atoms with van der Waals surface area (Å²) in [5.74, 6) is 1.60. The van der Waals surface area contributed by atoms with Crippen molar-refractivity contribution in [1.82, 2.24) is 5.32 Å². The smallest absolute Gasteiger partial charge is 0.237 e. The second-order valence-corrected chi connectivity index (χ2v) is 4.66. The van der Waals surface area contributed by atoms with E-state index in [0.29, 0.717) is 6.04 Å². The van der Waals surface area contributed by atoms with Crippen LogP contribution in [0.1, 0.15) is 39.0 Å². The van der Waals surface area contributed by atoms with Crippen molar-refractivity contribution in [2.75, 3.05) is 0 Å². The van der Waals surface area contributed by atoms with E-state index in [1.165, 1.54) is 25.7 Å². The maximum atomic E-state index is 11.5. The number of amides is 1. The monoisotopic (exact) mass is 196 g/mol. The lowest BCUT2D eigenvalue weighted by atomic mass is 10.0. The van der Waals surface area contributed by atoms with E-state index in [2.05, 4.69) is 5.32 Å². The Morgan fingerprint density at radius 3 is 2.50 bits per heavy atom. The normalized spacial score (nSPS) is 37.1. The van der Waals surface area contributed by atoms with Gasteiger partial charge in [0.15, 0.2) is 0 Å². The molecule has 2 aliphatic carbocycles. The molecule has 3 atom stereocenters. The Balaban J connectivity index is 1.79. The fourth-order valence-electron chi connectivity index (χ4n) is 2.66. The van der Waals surface area contributed by atoms with Crippen molar-refractivity contribution in [2.24, 2.45) is 17.6 Å². The number of nitrogens with one attached hydrogen (secondary N) is 1. The molecule has 0 saturated heterocycles. The number of rotatable bonds is 3. The van der Waals surface area contributed by atoms with Crippen LogP contribution >= 0.6 is 0 Å². The van der Waals surface area contributed by atoms with Crippen LogP contribution in [0.4, 0.5) is 0 Å². The van der Waals surface area contributed by atoms with E-state index in [1.54, 1.807) is 0 Å². The number of carbonyl (C=O) groups excluding carboxylic acids is 1. The highest BCUT2D eigenvalue weighted by Gasteiger charge is 2.51. The number of carbonyl (C=O) groups is 1. The van der Waals surface area contributed by atoms with Gasteiger partial charge in [-0.05, 0) is 31.1 Å². The van der Waals surface area contributed by atoms with Crippen LogP contribution in [-0.4, -0.2) is 18.0 Å². The van der Waals surface area contributed by atoms with E-state index in [4.69, 9.17) is 5.73 Å². The molecule has 0 bridgehead atoms. The molecule has 3 heteroatoms. The van der Waals surface area contributed by atoms with Gasteiger partial charge in [-0.3, -0.25) is 4.79 Å². The van der Waals surface area contributed by atoms with E-state index in [-0.39, 0.29) is 11.9 Å². The molecule has 2 saturated carbocycles. The summed E-state index contributed by atoms with van der Waals surface area (Å²) < 4.78 is 0. The lowest BCUT2D eigenvalue weighted by molar-refractivity contribution is -0.122. The highest BCUT2D eigenvalue weighted by molar-refractivity contribution is 5.82. The third-order valence-corrected chi connectivity index (χ3v) is 3.74. The summed E-state index contributed by atoms with van der Waals surface area (Å²) in [6.07, 6.45) is 6.02. The highest BCUT2D eigenvalue weighted by atomic mass is 16.2. The molecule has 80 valence electrons. The van der Waals surface area contributed by atoms with Crippen molar-refractivity contribution in [2.45, 2.75) is 51.1 Å². The van der Waals surface area contributed by atoms with Gasteiger partial charge in [0.05, 0.1) is 6.04 Å². The van der Waals surface area contributed by atoms with Gasteiger partial charge in [0.2, 0.25) is 5.91 Å². The summed E-state index contributed by atoms with van der Waals surface area (Å²) in [6, 6.07) is 0.153. The molecule has 0 aliphatic heterocycles. The summed E-state index contributed by atoms with van der Waals surface area (Å²) in [4.78, 5) is 11.5. The molecule has 0 aromatic heterocycles. The molecular weight excluding hydrogens is 176 g/mol. The Labute approximate surface area is 85.4 Å². The molecule has 2 fully saturated rings. The van der Waals surface area contributed by atoms with Gasteiger partial charge in [-0.15, -0.1) is 0 Å². The Bertz CT molecular complexity index is 217. The lowest BCUT2D eigenvalue weighted by Crippen LogP contribution is -2.41. The SMILES string of the molecule is CCC(N)C(=O)NC1C2CCCCC21. The van der Waals surface area contributed by atoms with Crippen LogP contribution in [0.25, 0.3) is 0 Å². The van der Waals surface area contributed by atoms with Gasteiger partial charge in [-0.1, -0.05) is 19.8 Å². The maximum absolute atomic E-state index is 11.5. The topological polar surface area (TPSA) is 55.1 Å². The van der Waals surface area contributed by atoms with Crippen LogP contribution in [0, 0.1) is 11.8 Å². The summed E-state index contributed by atoms with van der Waals surface area (Å²) >= 11 is 0. The van der Waals surface area contributed by atoms with Gasteiger partial charge in [0.25, 0.3) is 0 Å². The summed E-state index contributed by atoms with van der Waals surface area (Å²) in [5, 5.41) is 3.08. The molecule has 0 radical (unpaired) electrons. The van der Waals surface area contributed by atoms with Crippen LogP contribution in [0.15, 0.2) is 0 Å². The molecule has 0 heterocycles. The molecule has 1 amide bonds. The van der Waals surface area contributed by atoms with Crippen molar-refractivity contribution in [3.63, 3.8) is 0 Å². The average molecular weight is 196 g/mol. The van der Waals surface area contributed by atoms with Crippen LogP contribution in [-0.2, 0) is 4.79 Å².